The van der Waals surface area contributed by atoms with Crippen LogP contribution in [-0.2, 0) is 11.3 Å². The van der Waals surface area contributed by atoms with E-state index in [1.165, 1.54) is 11.8 Å². The first-order valence-electron chi connectivity index (χ1n) is 7.40. The molecule has 0 saturated heterocycles. The molecule has 1 aromatic heterocycles. The predicted molar refractivity (Wildman–Crippen MR) is 88.6 cm³/mol. The van der Waals surface area contributed by atoms with Gasteiger partial charge >= 0.3 is 0 Å². The number of carbonyl (C=O) groups excluding carboxylic acids is 1. The van der Waals surface area contributed by atoms with Crippen molar-refractivity contribution in [3.05, 3.63) is 24.3 Å². The Hall–Kier alpha value is -1.49. The van der Waals surface area contributed by atoms with Crippen LogP contribution in [0, 0.1) is 5.92 Å². The number of hydrogen-bond donors (Lipinski definition) is 1. The van der Waals surface area contributed by atoms with E-state index in [1.54, 1.807) is 0 Å². The number of rotatable bonds is 6. The van der Waals surface area contributed by atoms with E-state index in [2.05, 4.69) is 41.7 Å². The number of nitrogens with one attached hydrogen (secondary N) is 1. The van der Waals surface area contributed by atoms with Crippen molar-refractivity contribution in [3.63, 3.8) is 0 Å². The molecule has 1 aromatic carbocycles. The molecule has 4 nitrogen and oxygen atoms in total. The van der Waals surface area contributed by atoms with Gasteiger partial charge in [-0.3, -0.25) is 4.79 Å². The van der Waals surface area contributed by atoms with Gasteiger partial charge in [0, 0.05) is 12.6 Å². The van der Waals surface area contributed by atoms with Gasteiger partial charge in [0.1, 0.15) is 0 Å². The highest BCUT2D eigenvalue weighted by molar-refractivity contribution is 7.99. The predicted octanol–water partition coefficient (Wildman–Crippen LogP) is 3.31. The summed E-state index contributed by atoms with van der Waals surface area (Å²) in [6.07, 6.45) is 0. The zero-order chi connectivity index (χ0) is 15.4. The van der Waals surface area contributed by atoms with Crippen LogP contribution in [0.25, 0.3) is 11.0 Å². The summed E-state index contributed by atoms with van der Waals surface area (Å²) in [4.78, 5) is 16.6. The van der Waals surface area contributed by atoms with E-state index in [1.807, 2.05) is 25.1 Å². The first-order chi connectivity index (χ1) is 10.0. The van der Waals surface area contributed by atoms with E-state index >= 15 is 0 Å². The number of hydrogen-bond acceptors (Lipinski definition) is 3. The maximum atomic E-state index is 12.0. The molecular formula is C16H23N3OS. The molecular weight excluding hydrogens is 282 g/mol. The molecule has 0 aliphatic carbocycles. The molecule has 0 saturated carbocycles. The Balaban J connectivity index is 2.05. The van der Waals surface area contributed by atoms with Crippen molar-refractivity contribution in [2.45, 2.75) is 45.4 Å². The van der Waals surface area contributed by atoms with Gasteiger partial charge in [-0.15, -0.1) is 0 Å². The van der Waals surface area contributed by atoms with Gasteiger partial charge in [0.25, 0.3) is 0 Å². The number of benzene rings is 1. The summed E-state index contributed by atoms with van der Waals surface area (Å²) in [5, 5.41) is 3.93. The number of aryl methyl sites for hydroxylation is 1. The van der Waals surface area contributed by atoms with Crippen molar-refractivity contribution in [1.29, 1.82) is 0 Å². The van der Waals surface area contributed by atoms with Gasteiger partial charge in [0.05, 0.1) is 16.8 Å². The van der Waals surface area contributed by atoms with Gasteiger partial charge in [0.2, 0.25) is 5.91 Å². The maximum Gasteiger partial charge on any atom is 0.230 e. The summed E-state index contributed by atoms with van der Waals surface area (Å²) in [6, 6.07) is 8.27. The van der Waals surface area contributed by atoms with Crippen LogP contribution in [0.15, 0.2) is 29.4 Å². The molecule has 2 aromatic rings. The highest BCUT2D eigenvalue weighted by Crippen LogP contribution is 2.23. The topological polar surface area (TPSA) is 46.9 Å². The average molecular weight is 305 g/mol. The van der Waals surface area contributed by atoms with E-state index in [0.717, 1.165) is 22.7 Å². The van der Waals surface area contributed by atoms with Gasteiger partial charge in [-0.1, -0.05) is 37.7 Å². The minimum Gasteiger partial charge on any atom is -0.353 e. The summed E-state index contributed by atoms with van der Waals surface area (Å²) < 4.78 is 2.15. The Kier molecular flexibility index (Phi) is 5.28. The molecule has 1 heterocycles. The minimum absolute atomic E-state index is 0.0657. The lowest BCUT2D eigenvalue weighted by Crippen LogP contribution is -2.37. The van der Waals surface area contributed by atoms with Crippen LogP contribution in [0.1, 0.15) is 27.7 Å². The van der Waals surface area contributed by atoms with Crippen molar-refractivity contribution in [2.75, 3.05) is 5.75 Å². The first kappa shape index (κ1) is 15.9. The first-order valence-corrected chi connectivity index (χ1v) is 8.39. The van der Waals surface area contributed by atoms with E-state index < -0.39 is 0 Å². The van der Waals surface area contributed by atoms with Gasteiger partial charge in [-0.2, -0.15) is 0 Å². The summed E-state index contributed by atoms with van der Waals surface area (Å²) in [5.74, 6) is 0.912. The molecule has 1 atom stereocenters. The van der Waals surface area contributed by atoms with Gasteiger partial charge < -0.3 is 9.88 Å². The molecule has 5 heteroatoms. The quantitative estimate of drug-likeness (QED) is 0.833. The fourth-order valence-electron chi connectivity index (χ4n) is 2.06. The third-order valence-corrected chi connectivity index (χ3v) is 4.63. The van der Waals surface area contributed by atoms with E-state index in [0.29, 0.717) is 11.7 Å². The summed E-state index contributed by atoms with van der Waals surface area (Å²) in [5.41, 5.74) is 2.11. The van der Waals surface area contributed by atoms with E-state index in [9.17, 15) is 4.79 Å². The van der Waals surface area contributed by atoms with Crippen molar-refractivity contribution in [2.24, 2.45) is 5.92 Å². The number of amides is 1. The third kappa shape index (κ3) is 3.79. The molecule has 114 valence electrons. The molecule has 2 rings (SSSR count). The number of aromatic nitrogens is 2. The molecule has 0 aliphatic heterocycles. The Morgan fingerprint density at radius 3 is 2.71 bits per heavy atom. The normalized spacial score (nSPS) is 12.8. The number of thioether (sulfide) groups is 1. The molecule has 0 fully saturated rings. The van der Waals surface area contributed by atoms with Crippen molar-refractivity contribution < 1.29 is 4.79 Å². The van der Waals surface area contributed by atoms with Crippen molar-refractivity contribution >= 4 is 28.7 Å². The fraction of sp³-hybridized carbons (Fsp3) is 0.500. The van der Waals surface area contributed by atoms with Crippen LogP contribution in [-0.4, -0.2) is 27.3 Å². The van der Waals surface area contributed by atoms with Crippen molar-refractivity contribution in [3.8, 4) is 0 Å². The Labute approximate surface area is 130 Å². The SMILES string of the molecule is CCn1c(SCC(=O)NC(C)C(C)C)nc2ccccc21. The number of para-hydroxylation sites is 2. The minimum atomic E-state index is 0.0657. The summed E-state index contributed by atoms with van der Waals surface area (Å²) >= 11 is 1.50. The molecule has 0 spiro atoms. The lowest BCUT2D eigenvalue weighted by atomic mass is 10.1. The second-order valence-corrected chi connectivity index (χ2v) is 6.46. The van der Waals surface area contributed by atoms with Gasteiger partial charge in [-0.25, -0.2) is 4.98 Å². The second kappa shape index (κ2) is 6.98. The molecule has 1 N–H and O–H groups in total. The highest BCUT2D eigenvalue weighted by Gasteiger charge is 2.14. The van der Waals surface area contributed by atoms with Gasteiger partial charge in [0.15, 0.2) is 5.16 Å². The summed E-state index contributed by atoms with van der Waals surface area (Å²) in [7, 11) is 0. The molecule has 1 amide bonds. The largest absolute Gasteiger partial charge is 0.353 e. The van der Waals surface area contributed by atoms with Gasteiger partial charge in [-0.05, 0) is 31.9 Å². The number of imidazole rings is 1. The zero-order valence-electron chi connectivity index (χ0n) is 13.1. The molecule has 0 radical (unpaired) electrons. The van der Waals surface area contributed by atoms with Crippen molar-refractivity contribution in [1.82, 2.24) is 14.9 Å². The van der Waals surface area contributed by atoms with Crippen LogP contribution in [0.4, 0.5) is 0 Å². The van der Waals surface area contributed by atoms with Crippen LogP contribution in [0.2, 0.25) is 0 Å². The molecule has 1 unspecified atom stereocenters. The Bertz CT molecular complexity index is 621. The average Bonchev–Trinajstić information content (AvgIpc) is 2.82. The molecule has 21 heavy (non-hydrogen) atoms. The van der Waals surface area contributed by atoms with Crippen LogP contribution >= 0.6 is 11.8 Å². The van der Waals surface area contributed by atoms with E-state index in [-0.39, 0.29) is 11.9 Å². The number of carbonyl (C=O) groups is 1. The smallest absolute Gasteiger partial charge is 0.230 e. The second-order valence-electron chi connectivity index (χ2n) is 5.52. The molecule has 0 aliphatic rings. The molecule has 0 bridgehead atoms. The lowest BCUT2D eigenvalue weighted by Gasteiger charge is -2.17. The van der Waals surface area contributed by atoms with Crippen LogP contribution in [0.5, 0.6) is 0 Å². The Morgan fingerprint density at radius 1 is 1.33 bits per heavy atom. The zero-order valence-corrected chi connectivity index (χ0v) is 13.9. The van der Waals surface area contributed by atoms with Crippen LogP contribution < -0.4 is 5.32 Å². The Morgan fingerprint density at radius 2 is 2.05 bits per heavy atom. The lowest BCUT2D eigenvalue weighted by molar-refractivity contribution is -0.119. The summed E-state index contributed by atoms with van der Waals surface area (Å²) in [6.45, 7) is 9.20. The standard InChI is InChI=1S/C16H23N3OS/c1-5-19-14-9-7-6-8-13(14)18-16(19)21-10-15(20)17-12(4)11(2)3/h6-9,11-12H,5,10H2,1-4H3,(H,17,20). The van der Waals surface area contributed by atoms with E-state index in [4.69, 9.17) is 0 Å². The highest BCUT2D eigenvalue weighted by atomic mass is 32.2. The number of nitrogens with zero attached hydrogens (tertiary/aromatic N) is 2. The monoisotopic (exact) mass is 305 g/mol. The third-order valence-electron chi connectivity index (χ3n) is 3.66. The van der Waals surface area contributed by atoms with Crippen LogP contribution in [0.3, 0.4) is 0 Å². The maximum absolute atomic E-state index is 12.0. The number of fused-ring (bicyclic) bond motifs is 1. The fourth-order valence-corrected chi connectivity index (χ4v) is 2.95.